The Hall–Kier alpha value is -3.34. The lowest BCUT2D eigenvalue weighted by molar-refractivity contribution is 0.0802. The number of fused-ring (bicyclic) bond motifs is 2. The Bertz CT molecular complexity index is 1510. The maximum absolute atomic E-state index is 13.4. The first kappa shape index (κ1) is 24.8. The molecule has 0 spiro atoms. The first-order valence-electron chi connectivity index (χ1n) is 11.4. The van der Waals surface area contributed by atoms with Gasteiger partial charge in [0.25, 0.3) is 11.5 Å². The van der Waals surface area contributed by atoms with Crippen LogP contribution in [-0.2, 0) is 20.0 Å². The summed E-state index contributed by atoms with van der Waals surface area (Å²) in [5.74, 6) is -0.399. The lowest BCUT2D eigenvalue weighted by atomic mass is 10.0. The first-order valence-corrected chi connectivity index (χ1v) is 12.2. The van der Waals surface area contributed by atoms with Crippen LogP contribution in [0.5, 0.6) is 0 Å². The summed E-state index contributed by atoms with van der Waals surface area (Å²) >= 11 is 1.26. The second kappa shape index (κ2) is 10.1. The highest BCUT2D eigenvalue weighted by Crippen LogP contribution is 2.32. The molecular formula is C25H28N4O5S. The van der Waals surface area contributed by atoms with Gasteiger partial charge in [0.1, 0.15) is 4.83 Å². The molecule has 0 fully saturated rings. The molecule has 0 saturated heterocycles. The number of hydrogen-bond acceptors (Lipinski definition) is 7. The molecule has 0 radical (unpaired) electrons. The zero-order valence-electron chi connectivity index (χ0n) is 19.8. The van der Waals surface area contributed by atoms with Crippen LogP contribution in [0, 0.1) is 5.92 Å². The lowest BCUT2D eigenvalue weighted by Crippen LogP contribution is -2.39. The average molecular weight is 497 g/mol. The van der Waals surface area contributed by atoms with E-state index in [1.165, 1.54) is 18.4 Å². The molecule has 3 aromatic heterocycles. The SMILES string of the molecule is CC(C)Cn1c(=O)n(C)c(=O)c2c(C(=O)NC[C@H](O)CO)c(Cc3ccnc4ccccc34)sc21. The van der Waals surface area contributed by atoms with Gasteiger partial charge in [-0.15, -0.1) is 11.3 Å². The van der Waals surface area contributed by atoms with Gasteiger partial charge in [-0.05, 0) is 23.6 Å². The number of amides is 1. The third kappa shape index (κ3) is 4.77. The van der Waals surface area contributed by atoms with Crippen LogP contribution in [0.4, 0.5) is 0 Å². The smallest absolute Gasteiger partial charge is 0.331 e. The van der Waals surface area contributed by atoms with Crippen molar-refractivity contribution in [3.05, 3.63) is 73.4 Å². The van der Waals surface area contributed by atoms with Gasteiger partial charge in [0.15, 0.2) is 0 Å². The predicted molar refractivity (Wildman–Crippen MR) is 136 cm³/mol. The summed E-state index contributed by atoms with van der Waals surface area (Å²) in [5, 5.41) is 22.6. The van der Waals surface area contributed by atoms with Gasteiger partial charge in [-0.3, -0.25) is 23.7 Å². The van der Waals surface area contributed by atoms with Crippen molar-refractivity contribution in [2.24, 2.45) is 13.0 Å². The quantitative estimate of drug-likeness (QED) is 0.340. The van der Waals surface area contributed by atoms with E-state index in [0.717, 1.165) is 21.0 Å². The minimum absolute atomic E-state index is 0.139. The third-order valence-corrected chi connectivity index (χ3v) is 7.03. The van der Waals surface area contributed by atoms with E-state index in [0.29, 0.717) is 22.7 Å². The Morgan fingerprint density at radius 3 is 2.66 bits per heavy atom. The molecule has 0 unspecified atom stereocenters. The Morgan fingerprint density at radius 1 is 1.20 bits per heavy atom. The van der Waals surface area contributed by atoms with E-state index in [9.17, 15) is 19.5 Å². The highest BCUT2D eigenvalue weighted by molar-refractivity contribution is 7.19. The molecule has 0 aliphatic heterocycles. The fourth-order valence-electron chi connectivity index (χ4n) is 4.11. The Balaban J connectivity index is 1.96. The second-order valence-corrected chi connectivity index (χ2v) is 10.0. The minimum Gasteiger partial charge on any atom is -0.394 e. The van der Waals surface area contributed by atoms with E-state index >= 15 is 0 Å². The zero-order valence-corrected chi connectivity index (χ0v) is 20.6. The molecule has 3 heterocycles. The maximum atomic E-state index is 13.4. The molecule has 1 atom stereocenters. The van der Waals surface area contributed by atoms with Crippen LogP contribution in [0.2, 0.25) is 0 Å². The van der Waals surface area contributed by atoms with Crippen molar-refractivity contribution in [2.75, 3.05) is 13.2 Å². The number of aliphatic hydroxyl groups excluding tert-OH is 2. The van der Waals surface area contributed by atoms with Crippen LogP contribution in [0.15, 0.2) is 46.1 Å². The highest BCUT2D eigenvalue weighted by atomic mass is 32.1. The van der Waals surface area contributed by atoms with Gasteiger partial charge in [-0.2, -0.15) is 0 Å². The van der Waals surface area contributed by atoms with E-state index in [2.05, 4.69) is 10.3 Å². The Morgan fingerprint density at radius 2 is 1.94 bits per heavy atom. The van der Waals surface area contributed by atoms with E-state index in [1.807, 2.05) is 44.2 Å². The Labute approximate surface area is 205 Å². The highest BCUT2D eigenvalue weighted by Gasteiger charge is 2.26. The van der Waals surface area contributed by atoms with E-state index in [4.69, 9.17) is 5.11 Å². The van der Waals surface area contributed by atoms with Crippen LogP contribution in [0.3, 0.4) is 0 Å². The van der Waals surface area contributed by atoms with Gasteiger partial charge in [-0.25, -0.2) is 4.79 Å². The summed E-state index contributed by atoms with van der Waals surface area (Å²) in [6.07, 6.45) is 0.932. The number of carbonyl (C=O) groups is 1. The molecule has 1 aromatic carbocycles. The monoisotopic (exact) mass is 496 g/mol. The molecule has 4 rings (SSSR count). The summed E-state index contributed by atoms with van der Waals surface area (Å²) in [6, 6.07) is 9.56. The number of nitrogens with one attached hydrogen (secondary N) is 1. The van der Waals surface area contributed by atoms with Crippen LogP contribution in [0.25, 0.3) is 21.1 Å². The molecule has 4 aromatic rings. The number of aromatic nitrogens is 3. The number of thiophene rings is 1. The van der Waals surface area contributed by atoms with Gasteiger partial charge in [0.2, 0.25) is 0 Å². The molecule has 0 bridgehead atoms. The molecule has 1 amide bonds. The van der Waals surface area contributed by atoms with Crippen molar-refractivity contribution < 1.29 is 15.0 Å². The minimum atomic E-state index is -1.13. The molecule has 0 saturated carbocycles. The third-order valence-electron chi connectivity index (χ3n) is 5.82. The van der Waals surface area contributed by atoms with Gasteiger partial charge < -0.3 is 15.5 Å². The average Bonchev–Trinajstić information content (AvgIpc) is 3.22. The molecular weight excluding hydrogens is 468 g/mol. The van der Waals surface area contributed by atoms with Crippen LogP contribution >= 0.6 is 11.3 Å². The van der Waals surface area contributed by atoms with Crippen molar-refractivity contribution >= 4 is 38.4 Å². The number of rotatable bonds is 8. The Kier molecular flexibility index (Phi) is 7.15. The summed E-state index contributed by atoms with van der Waals surface area (Å²) in [6.45, 7) is 3.67. The number of benzene rings is 1. The van der Waals surface area contributed by atoms with Crippen molar-refractivity contribution in [3.8, 4) is 0 Å². The van der Waals surface area contributed by atoms with Gasteiger partial charge in [0, 0.05) is 43.0 Å². The van der Waals surface area contributed by atoms with Crippen LogP contribution in [0.1, 0.15) is 34.6 Å². The molecule has 3 N–H and O–H groups in total. The number of carbonyl (C=O) groups excluding carboxylic acids is 1. The normalized spacial score (nSPS) is 12.5. The number of pyridine rings is 1. The summed E-state index contributed by atoms with van der Waals surface area (Å²) in [4.78, 5) is 45.1. The van der Waals surface area contributed by atoms with E-state index < -0.39 is 29.9 Å². The van der Waals surface area contributed by atoms with Crippen molar-refractivity contribution in [1.82, 2.24) is 19.4 Å². The summed E-state index contributed by atoms with van der Waals surface area (Å²) < 4.78 is 2.59. The lowest BCUT2D eigenvalue weighted by Gasteiger charge is -2.12. The summed E-state index contributed by atoms with van der Waals surface area (Å²) in [7, 11) is 1.41. The number of hydrogen-bond donors (Lipinski definition) is 3. The predicted octanol–water partition coefficient (Wildman–Crippen LogP) is 1.64. The topological polar surface area (TPSA) is 126 Å². The van der Waals surface area contributed by atoms with Crippen LogP contribution < -0.4 is 16.6 Å². The van der Waals surface area contributed by atoms with Crippen molar-refractivity contribution in [3.63, 3.8) is 0 Å². The fraction of sp³-hybridized carbons (Fsp3) is 0.360. The summed E-state index contributed by atoms with van der Waals surface area (Å²) in [5.41, 5.74) is 0.965. The molecule has 35 heavy (non-hydrogen) atoms. The largest absolute Gasteiger partial charge is 0.394 e. The van der Waals surface area contributed by atoms with Gasteiger partial charge in [-0.1, -0.05) is 32.0 Å². The fourth-order valence-corrected chi connectivity index (χ4v) is 5.42. The number of nitrogens with zero attached hydrogens (tertiary/aromatic N) is 3. The van der Waals surface area contributed by atoms with E-state index in [1.54, 1.807) is 10.8 Å². The number of para-hydroxylation sites is 1. The second-order valence-electron chi connectivity index (χ2n) is 8.94. The molecule has 0 aliphatic carbocycles. The van der Waals surface area contributed by atoms with E-state index in [-0.39, 0.29) is 23.4 Å². The van der Waals surface area contributed by atoms with Crippen molar-refractivity contribution in [1.29, 1.82) is 0 Å². The van der Waals surface area contributed by atoms with Gasteiger partial charge >= 0.3 is 5.69 Å². The molecule has 10 heteroatoms. The van der Waals surface area contributed by atoms with Crippen LogP contribution in [-0.4, -0.2) is 49.5 Å². The standard InChI is InChI=1S/C25H28N4O5S/c1-14(2)12-29-24-21(23(33)28(3)25(29)34)20(22(32)27-11-16(31)13-30)19(35-24)10-15-8-9-26-18-7-5-4-6-17(15)18/h4-9,14,16,30-31H,10-13H2,1-3H3,(H,27,32)/t16-/m0/s1. The molecule has 9 nitrogen and oxygen atoms in total. The number of aliphatic hydroxyl groups is 2. The molecule has 184 valence electrons. The van der Waals surface area contributed by atoms with Crippen molar-refractivity contribution in [2.45, 2.75) is 32.9 Å². The van der Waals surface area contributed by atoms with Gasteiger partial charge in [0.05, 0.1) is 29.2 Å². The zero-order chi connectivity index (χ0) is 25.3. The maximum Gasteiger partial charge on any atom is 0.331 e. The first-order chi connectivity index (χ1) is 16.7. The molecule has 0 aliphatic rings.